The lowest BCUT2D eigenvalue weighted by atomic mass is 10.0. The van der Waals surface area contributed by atoms with Crippen LogP contribution in [0.3, 0.4) is 0 Å². The Bertz CT molecular complexity index is 683. The zero-order chi connectivity index (χ0) is 31.6. The third-order valence-corrected chi connectivity index (χ3v) is 8.10. The summed E-state index contributed by atoms with van der Waals surface area (Å²) in [6.45, 7) is 4.03. The van der Waals surface area contributed by atoms with E-state index in [0.717, 1.165) is 51.4 Å². The molecule has 2 atom stereocenters. The number of allylic oxidation sites excluding steroid dienone is 2. The largest absolute Gasteiger partial charge is 0.694 e. The molecule has 43 heavy (non-hydrogen) atoms. The second-order valence-electron chi connectivity index (χ2n) is 11.9. The quantitative estimate of drug-likeness (QED) is 0.0334. The van der Waals surface area contributed by atoms with E-state index in [0.29, 0.717) is 6.42 Å². The van der Waals surface area contributed by atoms with Gasteiger partial charge in [-0.25, -0.2) is 0 Å². The van der Waals surface area contributed by atoms with Gasteiger partial charge in [-0.15, -0.1) is 9.42 Å². The molecule has 0 radical (unpaired) electrons. The van der Waals surface area contributed by atoms with Crippen LogP contribution in [0.4, 0.5) is 0 Å². The van der Waals surface area contributed by atoms with E-state index in [1.54, 1.807) is 0 Å². The van der Waals surface area contributed by atoms with Gasteiger partial charge in [0.25, 0.3) is 0 Å². The predicted molar refractivity (Wildman–Crippen MR) is 177 cm³/mol. The average molecular weight is 630 g/mol. The maximum atomic E-state index is 12.3. The number of hydrogen-bond donors (Lipinski definition) is 1. The molecule has 0 fully saturated rings. The Kier molecular flexibility index (Phi) is 32.6. The predicted octanol–water partition coefficient (Wildman–Crippen LogP) is 10.8. The number of unbranched alkanes of at least 4 members (excludes halogenated alkanes) is 21. The molecule has 0 amide bonds. The number of esters is 2. The van der Waals surface area contributed by atoms with Crippen LogP contribution in [0.2, 0.25) is 0 Å². The van der Waals surface area contributed by atoms with E-state index in [9.17, 15) is 14.2 Å². The first-order valence-corrected chi connectivity index (χ1v) is 18.9. The van der Waals surface area contributed by atoms with Gasteiger partial charge >= 0.3 is 20.2 Å². The van der Waals surface area contributed by atoms with Crippen molar-refractivity contribution in [2.75, 3.05) is 13.2 Å². The molecular weight excluding hydrogens is 563 g/mol. The van der Waals surface area contributed by atoms with E-state index in [1.165, 1.54) is 103 Å². The number of carbonyl (C=O) groups excluding carboxylic acids is 2. The van der Waals surface area contributed by atoms with Crippen LogP contribution in [0, 0.1) is 0 Å². The van der Waals surface area contributed by atoms with Crippen molar-refractivity contribution in [1.29, 1.82) is 0 Å². The first-order valence-electron chi connectivity index (χ1n) is 17.8. The van der Waals surface area contributed by atoms with Crippen molar-refractivity contribution in [3.05, 3.63) is 12.2 Å². The maximum absolute atomic E-state index is 12.3. The fourth-order valence-corrected chi connectivity index (χ4v) is 5.33. The minimum atomic E-state index is -2.82. The molecular formula is C35H66O7P+. The molecule has 7 nitrogen and oxygen atoms in total. The molecule has 8 heteroatoms. The number of rotatable bonds is 33. The lowest BCUT2D eigenvalue weighted by molar-refractivity contribution is -0.161. The fraction of sp³-hybridized carbons (Fsp3) is 0.886. The first kappa shape index (κ1) is 41.7. The highest BCUT2D eigenvalue weighted by molar-refractivity contribution is 7.32. The molecule has 0 bridgehead atoms. The highest BCUT2D eigenvalue weighted by atomic mass is 31.1. The Morgan fingerprint density at radius 2 is 0.977 bits per heavy atom. The Labute approximate surface area is 265 Å². The van der Waals surface area contributed by atoms with Crippen LogP contribution in [-0.4, -0.2) is 36.1 Å². The van der Waals surface area contributed by atoms with Crippen molar-refractivity contribution in [3.8, 4) is 0 Å². The second-order valence-corrected chi connectivity index (χ2v) is 12.7. The van der Waals surface area contributed by atoms with Crippen LogP contribution in [0.5, 0.6) is 0 Å². The van der Waals surface area contributed by atoms with E-state index >= 15 is 0 Å². The highest BCUT2D eigenvalue weighted by Crippen LogP contribution is 2.17. The van der Waals surface area contributed by atoms with Gasteiger partial charge in [0.2, 0.25) is 0 Å². The molecule has 0 saturated carbocycles. The molecule has 0 aromatic rings. The lowest BCUT2D eigenvalue weighted by Gasteiger charge is -2.15. The Morgan fingerprint density at radius 1 is 0.581 bits per heavy atom. The Balaban J connectivity index is 3.88. The van der Waals surface area contributed by atoms with Crippen LogP contribution < -0.4 is 0 Å². The molecule has 0 aliphatic carbocycles. The molecule has 0 heterocycles. The van der Waals surface area contributed by atoms with Gasteiger partial charge in [0.05, 0.1) is 0 Å². The van der Waals surface area contributed by atoms with Gasteiger partial charge in [-0.1, -0.05) is 142 Å². The Morgan fingerprint density at radius 3 is 1.44 bits per heavy atom. The summed E-state index contributed by atoms with van der Waals surface area (Å²) < 4.78 is 26.4. The third kappa shape index (κ3) is 33.4. The van der Waals surface area contributed by atoms with Gasteiger partial charge in [0.1, 0.15) is 13.2 Å². The summed E-state index contributed by atoms with van der Waals surface area (Å²) in [6.07, 6.45) is 33.0. The van der Waals surface area contributed by atoms with E-state index < -0.39 is 20.3 Å². The molecule has 0 aliphatic heterocycles. The van der Waals surface area contributed by atoms with E-state index in [4.69, 9.17) is 18.9 Å². The first-order chi connectivity index (χ1) is 21.0. The van der Waals surface area contributed by atoms with Crippen molar-refractivity contribution < 1.29 is 33.0 Å². The van der Waals surface area contributed by atoms with Crippen LogP contribution >= 0.6 is 8.25 Å². The van der Waals surface area contributed by atoms with Crippen molar-refractivity contribution >= 4 is 20.2 Å². The molecule has 0 rings (SSSR count). The molecule has 1 unspecified atom stereocenters. The molecule has 252 valence electrons. The third-order valence-electron chi connectivity index (χ3n) is 7.73. The lowest BCUT2D eigenvalue weighted by Crippen LogP contribution is -2.29. The Hall–Kier alpha value is -1.30. The van der Waals surface area contributed by atoms with E-state index in [2.05, 4.69) is 26.0 Å². The second kappa shape index (κ2) is 33.6. The zero-order valence-corrected chi connectivity index (χ0v) is 28.8. The minimum absolute atomic E-state index is 0.168. The summed E-state index contributed by atoms with van der Waals surface area (Å²) in [7, 11) is -2.82. The minimum Gasteiger partial charge on any atom is -0.462 e. The van der Waals surface area contributed by atoms with Crippen molar-refractivity contribution in [3.63, 3.8) is 0 Å². The number of ether oxygens (including phenoxy) is 2. The summed E-state index contributed by atoms with van der Waals surface area (Å²) in [5.41, 5.74) is 0. The van der Waals surface area contributed by atoms with Crippen molar-refractivity contribution in [2.24, 2.45) is 0 Å². The van der Waals surface area contributed by atoms with Gasteiger partial charge in [-0.3, -0.25) is 9.59 Å². The molecule has 0 aliphatic rings. The summed E-state index contributed by atoms with van der Waals surface area (Å²) in [4.78, 5) is 33.4. The summed E-state index contributed by atoms with van der Waals surface area (Å²) in [6, 6.07) is 0. The van der Waals surface area contributed by atoms with Crippen molar-refractivity contribution in [1.82, 2.24) is 0 Å². The average Bonchev–Trinajstić information content (AvgIpc) is 2.99. The fourth-order valence-electron chi connectivity index (χ4n) is 5.04. The van der Waals surface area contributed by atoms with Crippen LogP contribution in [0.15, 0.2) is 12.2 Å². The van der Waals surface area contributed by atoms with Gasteiger partial charge in [-0.05, 0) is 38.5 Å². The SMILES string of the molecule is CCCCCC/C=C\CCCCCCCC(=O)O[C@H](COC(=O)CCCCCCCCCCCCCCC)CO[P+](=O)O. The molecule has 0 saturated heterocycles. The summed E-state index contributed by atoms with van der Waals surface area (Å²) in [5, 5.41) is 0. The molecule has 1 N–H and O–H groups in total. The maximum Gasteiger partial charge on any atom is 0.694 e. The molecule has 0 aromatic heterocycles. The van der Waals surface area contributed by atoms with Gasteiger partial charge in [0, 0.05) is 17.4 Å². The van der Waals surface area contributed by atoms with Crippen LogP contribution in [0.1, 0.15) is 181 Å². The van der Waals surface area contributed by atoms with E-state index in [1.807, 2.05) is 0 Å². The highest BCUT2D eigenvalue weighted by Gasteiger charge is 2.23. The van der Waals surface area contributed by atoms with Gasteiger partial charge < -0.3 is 9.47 Å². The smallest absolute Gasteiger partial charge is 0.462 e. The summed E-state index contributed by atoms with van der Waals surface area (Å²) in [5.74, 6) is -0.746. The summed E-state index contributed by atoms with van der Waals surface area (Å²) >= 11 is 0. The van der Waals surface area contributed by atoms with Gasteiger partial charge in [-0.2, -0.15) is 0 Å². The standard InChI is InChI=1S/C35H65O7P/c1-3-5-7-9-11-13-15-17-19-21-23-25-27-29-34(36)40-31-33(32-41-43(38)39)42-35(37)30-28-26-24-22-20-18-16-14-12-10-8-6-4-2/h14,16,33H,3-13,15,17-32H2,1-2H3/p+1/b16-14-/t33-/m1/s1. The van der Waals surface area contributed by atoms with Crippen molar-refractivity contribution in [2.45, 2.75) is 187 Å². The topological polar surface area (TPSA) is 99.1 Å². The number of hydrogen-bond acceptors (Lipinski definition) is 6. The monoisotopic (exact) mass is 629 g/mol. The molecule has 0 aromatic carbocycles. The van der Waals surface area contributed by atoms with Crippen LogP contribution in [-0.2, 0) is 28.2 Å². The molecule has 0 spiro atoms. The van der Waals surface area contributed by atoms with Gasteiger partial charge in [0.15, 0.2) is 6.10 Å². The number of carbonyl (C=O) groups is 2. The normalized spacial score (nSPS) is 12.5. The van der Waals surface area contributed by atoms with E-state index in [-0.39, 0.29) is 25.6 Å². The zero-order valence-electron chi connectivity index (χ0n) is 27.9. The van der Waals surface area contributed by atoms with Crippen LogP contribution in [0.25, 0.3) is 0 Å².